The van der Waals surface area contributed by atoms with Crippen LogP contribution in [0.3, 0.4) is 0 Å². The zero-order valence-electron chi connectivity index (χ0n) is 7.92. The minimum absolute atomic E-state index is 0.379. The number of aliphatic carboxylic acids is 1. The molecule has 82 valence electrons. The predicted octanol–water partition coefficient (Wildman–Crippen LogP) is 1.42. The zero-order valence-corrected chi connectivity index (χ0v) is 9.55. The van der Waals surface area contributed by atoms with Crippen LogP contribution in [-0.4, -0.2) is 22.9 Å². The highest BCUT2D eigenvalue weighted by atomic mass is 33.1. The van der Waals surface area contributed by atoms with Gasteiger partial charge in [0.1, 0.15) is 6.04 Å². The first-order valence-corrected chi connectivity index (χ1v) is 6.55. The van der Waals surface area contributed by atoms with E-state index in [1.54, 1.807) is 12.1 Å². The lowest BCUT2D eigenvalue weighted by Crippen LogP contribution is -2.32. The minimum Gasteiger partial charge on any atom is -0.480 e. The average Bonchev–Trinajstić information content (AvgIpc) is 2.20. The van der Waals surface area contributed by atoms with Crippen molar-refractivity contribution < 1.29 is 9.90 Å². The number of carboxylic acid groups (broad SMARTS) is 1. The highest BCUT2D eigenvalue weighted by Crippen LogP contribution is 2.31. The van der Waals surface area contributed by atoms with Gasteiger partial charge in [0.2, 0.25) is 0 Å². The van der Waals surface area contributed by atoms with E-state index in [1.165, 1.54) is 21.6 Å². The second-order valence-electron chi connectivity index (χ2n) is 2.88. The van der Waals surface area contributed by atoms with Gasteiger partial charge in [0.25, 0.3) is 0 Å². The Morgan fingerprint density at radius 1 is 1.40 bits per heavy atom. The topological polar surface area (TPSA) is 89.3 Å². The summed E-state index contributed by atoms with van der Waals surface area (Å²) < 4.78 is 0. The van der Waals surface area contributed by atoms with Crippen molar-refractivity contribution in [1.82, 2.24) is 0 Å². The van der Waals surface area contributed by atoms with Crippen LogP contribution in [0, 0.1) is 0 Å². The summed E-state index contributed by atoms with van der Waals surface area (Å²) in [6.07, 6.45) is 0. The second kappa shape index (κ2) is 5.89. The van der Waals surface area contributed by atoms with Gasteiger partial charge in [-0.25, -0.2) is 0 Å². The van der Waals surface area contributed by atoms with Gasteiger partial charge in [-0.05, 0) is 24.3 Å². The Kier molecular flexibility index (Phi) is 4.80. The lowest BCUT2D eigenvalue weighted by molar-refractivity contribution is -0.137. The van der Waals surface area contributed by atoms with Crippen LogP contribution in [0.4, 0.5) is 5.69 Å². The Morgan fingerprint density at radius 2 is 2.00 bits per heavy atom. The Bertz CT molecular complexity index is 329. The fraction of sp³-hybridized carbons (Fsp3) is 0.222. The maximum Gasteiger partial charge on any atom is 0.321 e. The van der Waals surface area contributed by atoms with Crippen molar-refractivity contribution in [1.29, 1.82) is 0 Å². The van der Waals surface area contributed by atoms with Gasteiger partial charge in [0, 0.05) is 16.3 Å². The summed E-state index contributed by atoms with van der Waals surface area (Å²) in [5.41, 5.74) is 11.6. The van der Waals surface area contributed by atoms with Crippen molar-refractivity contribution in [3.05, 3.63) is 24.3 Å². The summed E-state index contributed by atoms with van der Waals surface area (Å²) in [5.74, 6) is -0.593. The maximum absolute atomic E-state index is 10.4. The summed E-state index contributed by atoms with van der Waals surface area (Å²) in [6.45, 7) is 0. The molecule has 5 N–H and O–H groups in total. The number of nitrogens with two attached hydrogens (primary N) is 2. The third kappa shape index (κ3) is 4.46. The largest absolute Gasteiger partial charge is 0.480 e. The predicted molar refractivity (Wildman–Crippen MR) is 64.8 cm³/mol. The summed E-state index contributed by atoms with van der Waals surface area (Å²) in [4.78, 5) is 11.5. The van der Waals surface area contributed by atoms with Gasteiger partial charge in [-0.3, -0.25) is 4.79 Å². The molecule has 0 bridgehead atoms. The van der Waals surface area contributed by atoms with E-state index in [0.29, 0.717) is 11.4 Å². The summed E-state index contributed by atoms with van der Waals surface area (Å²) in [5, 5.41) is 8.55. The summed E-state index contributed by atoms with van der Waals surface area (Å²) in [6, 6.07) is 6.58. The molecule has 0 radical (unpaired) electrons. The van der Waals surface area contributed by atoms with E-state index in [9.17, 15) is 4.79 Å². The maximum atomic E-state index is 10.4. The van der Waals surface area contributed by atoms with Crippen molar-refractivity contribution in [2.45, 2.75) is 10.9 Å². The van der Waals surface area contributed by atoms with Crippen molar-refractivity contribution in [2.24, 2.45) is 5.73 Å². The van der Waals surface area contributed by atoms with E-state index in [2.05, 4.69) is 0 Å². The van der Waals surface area contributed by atoms with Gasteiger partial charge in [0.05, 0.1) is 0 Å². The molecule has 0 heterocycles. The lowest BCUT2D eigenvalue weighted by Gasteiger charge is -2.05. The number of carbonyl (C=O) groups is 1. The van der Waals surface area contributed by atoms with E-state index in [0.717, 1.165) is 4.90 Å². The first-order chi connectivity index (χ1) is 7.09. The zero-order chi connectivity index (χ0) is 11.3. The van der Waals surface area contributed by atoms with Crippen molar-refractivity contribution in [3.8, 4) is 0 Å². The van der Waals surface area contributed by atoms with Crippen molar-refractivity contribution >= 4 is 33.2 Å². The van der Waals surface area contributed by atoms with E-state index in [4.69, 9.17) is 16.6 Å². The molecule has 6 heteroatoms. The number of benzene rings is 1. The third-order valence-corrected chi connectivity index (χ3v) is 4.02. The first-order valence-electron chi connectivity index (χ1n) is 4.23. The van der Waals surface area contributed by atoms with Crippen LogP contribution >= 0.6 is 21.6 Å². The van der Waals surface area contributed by atoms with Gasteiger partial charge in [-0.15, -0.1) is 0 Å². The molecule has 15 heavy (non-hydrogen) atoms. The van der Waals surface area contributed by atoms with Crippen LogP contribution in [0.1, 0.15) is 0 Å². The molecule has 1 aromatic rings. The fourth-order valence-electron chi connectivity index (χ4n) is 0.770. The number of nitrogen functional groups attached to an aromatic ring is 1. The molecule has 0 aliphatic heterocycles. The number of hydrogen-bond acceptors (Lipinski definition) is 5. The molecule has 4 nitrogen and oxygen atoms in total. The fourth-order valence-corrected chi connectivity index (χ4v) is 2.90. The van der Waals surface area contributed by atoms with Crippen LogP contribution in [0.2, 0.25) is 0 Å². The number of carboxylic acids is 1. The Labute approximate surface area is 95.8 Å². The second-order valence-corrected chi connectivity index (χ2v) is 5.30. The third-order valence-electron chi connectivity index (χ3n) is 1.60. The quantitative estimate of drug-likeness (QED) is 0.536. The molecule has 1 aromatic carbocycles. The molecule has 0 aromatic heterocycles. The Balaban J connectivity index is 2.32. The van der Waals surface area contributed by atoms with Crippen molar-refractivity contribution in [3.63, 3.8) is 0 Å². The standard InChI is InChI=1S/C9H12N2O2S2/c10-6-1-3-7(4-2-6)15-14-5-8(11)9(12)13/h1-4,8H,5,10-11H2,(H,12,13)/t8-/m0/s1. The van der Waals surface area contributed by atoms with Crippen LogP contribution in [0.25, 0.3) is 0 Å². The molecule has 0 saturated carbocycles. The lowest BCUT2D eigenvalue weighted by atomic mass is 10.3. The molecule has 1 rings (SSSR count). The summed E-state index contributed by atoms with van der Waals surface area (Å²) >= 11 is 0. The molecular formula is C9H12N2O2S2. The van der Waals surface area contributed by atoms with Gasteiger partial charge in [0.15, 0.2) is 0 Å². The normalized spacial score (nSPS) is 12.3. The molecule has 0 unspecified atom stereocenters. The van der Waals surface area contributed by atoms with Crippen LogP contribution < -0.4 is 11.5 Å². The number of anilines is 1. The molecule has 1 atom stereocenters. The first kappa shape index (κ1) is 12.2. The Hall–Kier alpha value is -0.850. The molecular weight excluding hydrogens is 232 g/mol. The van der Waals surface area contributed by atoms with E-state index in [-0.39, 0.29) is 0 Å². The van der Waals surface area contributed by atoms with E-state index in [1.807, 2.05) is 12.1 Å². The molecule has 0 saturated heterocycles. The smallest absolute Gasteiger partial charge is 0.321 e. The molecule has 0 amide bonds. The van der Waals surface area contributed by atoms with Crippen LogP contribution in [0.15, 0.2) is 29.2 Å². The molecule has 0 aliphatic rings. The van der Waals surface area contributed by atoms with Crippen LogP contribution in [-0.2, 0) is 4.79 Å². The molecule has 0 aliphatic carbocycles. The van der Waals surface area contributed by atoms with Crippen molar-refractivity contribution in [2.75, 3.05) is 11.5 Å². The highest BCUT2D eigenvalue weighted by molar-refractivity contribution is 8.76. The SMILES string of the molecule is Nc1ccc(SSC[C@H](N)C(=O)O)cc1. The van der Waals surface area contributed by atoms with Gasteiger partial charge >= 0.3 is 5.97 Å². The Morgan fingerprint density at radius 3 is 2.53 bits per heavy atom. The van der Waals surface area contributed by atoms with E-state index >= 15 is 0 Å². The van der Waals surface area contributed by atoms with Gasteiger partial charge in [-0.2, -0.15) is 0 Å². The molecule has 0 fully saturated rings. The highest BCUT2D eigenvalue weighted by Gasteiger charge is 2.11. The van der Waals surface area contributed by atoms with E-state index < -0.39 is 12.0 Å². The number of rotatable bonds is 5. The average molecular weight is 244 g/mol. The monoisotopic (exact) mass is 244 g/mol. The van der Waals surface area contributed by atoms with Gasteiger partial charge in [-0.1, -0.05) is 21.6 Å². The van der Waals surface area contributed by atoms with Gasteiger partial charge < -0.3 is 16.6 Å². The molecule has 0 spiro atoms. The van der Waals surface area contributed by atoms with Crippen LogP contribution in [0.5, 0.6) is 0 Å². The number of hydrogen-bond donors (Lipinski definition) is 3. The minimum atomic E-state index is -0.972. The summed E-state index contributed by atoms with van der Waals surface area (Å²) in [7, 11) is 2.91.